The third-order valence-electron chi connectivity index (χ3n) is 5.42. The van der Waals surface area contributed by atoms with E-state index in [0.29, 0.717) is 29.1 Å². The highest BCUT2D eigenvalue weighted by Crippen LogP contribution is 2.34. The van der Waals surface area contributed by atoms with Crippen LogP contribution in [0, 0.1) is 0 Å². The number of rotatable bonds is 12. The van der Waals surface area contributed by atoms with Crippen LogP contribution in [0.5, 0.6) is 0 Å². The number of amides is 1. The zero-order chi connectivity index (χ0) is 26.2. The molecule has 0 aliphatic heterocycles. The molecule has 192 valence electrons. The molecule has 11 nitrogen and oxygen atoms in total. The summed E-state index contributed by atoms with van der Waals surface area (Å²) < 4.78 is 27.0. The van der Waals surface area contributed by atoms with E-state index in [1.807, 2.05) is 60.9 Å². The van der Waals surface area contributed by atoms with E-state index in [1.165, 1.54) is 15.6 Å². The summed E-state index contributed by atoms with van der Waals surface area (Å²) in [5, 5.41) is 12.6. The molecule has 2 heterocycles. The Bertz CT molecular complexity index is 1370. The van der Waals surface area contributed by atoms with Crippen molar-refractivity contribution in [2.24, 2.45) is 10.9 Å². The number of oxime groups is 1. The topological polar surface area (TPSA) is 151 Å². The van der Waals surface area contributed by atoms with Gasteiger partial charge in [-0.25, -0.2) is 4.68 Å². The number of thiophene rings is 1. The second-order valence-corrected chi connectivity index (χ2v) is 9.94. The highest BCUT2D eigenvalue weighted by atomic mass is 32.2. The molecule has 13 heteroatoms. The van der Waals surface area contributed by atoms with E-state index in [1.54, 1.807) is 29.1 Å². The molecule has 2 aromatic carbocycles. The van der Waals surface area contributed by atoms with Crippen molar-refractivity contribution in [1.82, 2.24) is 20.5 Å². The third kappa shape index (κ3) is 6.78. The van der Waals surface area contributed by atoms with Gasteiger partial charge in [-0.3, -0.25) is 18.2 Å². The van der Waals surface area contributed by atoms with Crippen LogP contribution in [0.15, 0.2) is 78.1 Å². The van der Waals surface area contributed by atoms with Crippen molar-refractivity contribution in [3.8, 4) is 10.4 Å². The number of benzene rings is 2. The zero-order valence-electron chi connectivity index (χ0n) is 19.8. The molecule has 0 spiro atoms. The second kappa shape index (κ2) is 12.3. The van der Waals surface area contributed by atoms with Gasteiger partial charge >= 0.3 is 0 Å². The first-order chi connectivity index (χ1) is 17.9. The predicted octanol–water partition coefficient (Wildman–Crippen LogP) is 2.91. The molecule has 0 bridgehead atoms. The summed E-state index contributed by atoms with van der Waals surface area (Å²) in [7, 11) is 0. The Morgan fingerprint density at radius 2 is 2.00 bits per heavy atom. The normalized spacial score (nSPS) is 13.1. The first-order valence-corrected chi connectivity index (χ1v) is 13.0. The fourth-order valence-corrected chi connectivity index (χ4v) is 5.23. The van der Waals surface area contributed by atoms with Gasteiger partial charge in [0.15, 0.2) is 5.84 Å². The molecular formula is C24H24N7O4S2-. The van der Waals surface area contributed by atoms with E-state index in [2.05, 4.69) is 20.4 Å². The molecule has 1 unspecified atom stereocenters. The lowest BCUT2D eigenvalue weighted by Gasteiger charge is -2.23. The average Bonchev–Trinajstić information content (AvgIpc) is 3.58. The van der Waals surface area contributed by atoms with E-state index >= 15 is 0 Å². The Labute approximate surface area is 219 Å². The summed E-state index contributed by atoms with van der Waals surface area (Å²) in [6.07, 6.45) is 2.76. The molecule has 4 aromatic rings. The van der Waals surface area contributed by atoms with Crippen LogP contribution in [0.3, 0.4) is 0 Å². The standard InChI is InChI=1S/C24H25N7O4S2/c1-17(13-18-7-9-20(10-8-18)24(25)28-35-26-16-32)30-14-21(27-29-30)15-31(37(33)34)23-12-11-22(36-23)19-5-3-2-4-6-19/h2-12,14,16-17H,13,15H2,1H3,(H2,25,28)(H,26,32)(H,33,34)/p-1/t17-/m0/s1. The van der Waals surface area contributed by atoms with Gasteiger partial charge in [0.1, 0.15) is 10.7 Å². The van der Waals surface area contributed by atoms with Crippen molar-refractivity contribution >= 4 is 39.9 Å². The molecule has 0 aliphatic rings. The van der Waals surface area contributed by atoms with Crippen LogP contribution in [0.2, 0.25) is 0 Å². The molecule has 2 aromatic heterocycles. The van der Waals surface area contributed by atoms with Gasteiger partial charge in [0.25, 0.3) is 0 Å². The Morgan fingerprint density at radius 1 is 1.24 bits per heavy atom. The maximum atomic E-state index is 12.0. The van der Waals surface area contributed by atoms with Gasteiger partial charge in [-0.05, 0) is 41.8 Å². The van der Waals surface area contributed by atoms with E-state index in [9.17, 15) is 13.6 Å². The molecule has 0 radical (unpaired) electrons. The third-order valence-corrected chi connectivity index (χ3v) is 7.37. The van der Waals surface area contributed by atoms with Gasteiger partial charge in [0.05, 0.1) is 18.8 Å². The number of carbonyl (C=O) groups is 1. The Morgan fingerprint density at radius 3 is 2.70 bits per heavy atom. The van der Waals surface area contributed by atoms with Gasteiger partial charge in [-0.15, -0.1) is 16.4 Å². The van der Waals surface area contributed by atoms with Gasteiger partial charge < -0.3 is 10.3 Å². The number of aromatic nitrogens is 3. The number of carbonyl (C=O) groups excluding carboxylic acids is 1. The van der Waals surface area contributed by atoms with Crippen LogP contribution < -0.4 is 15.5 Å². The second-order valence-electron chi connectivity index (χ2n) is 8.00. The highest BCUT2D eigenvalue weighted by Gasteiger charge is 2.16. The van der Waals surface area contributed by atoms with Crippen molar-refractivity contribution in [2.75, 3.05) is 4.31 Å². The Hall–Kier alpha value is -4.07. The molecule has 2 atom stereocenters. The van der Waals surface area contributed by atoms with Gasteiger partial charge in [-0.2, -0.15) is 5.48 Å². The molecule has 0 saturated carbocycles. The molecule has 4 rings (SSSR count). The molecule has 1 amide bonds. The maximum Gasteiger partial charge on any atom is 0.241 e. The van der Waals surface area contributed by atoms with Crippen LogP contribution in [0.4, 0.5) is 5.00 Å². The lowest BCUT2D eigenvalue weighted by atomic mass is 10.0. The van der Waals surface area contributed by atoms with Gasteiger partial charge in [-0.1, -0.05) is 59.8 Å². The monoisotopic (exact) mass is 538 g/mol. The van der Waals surface area contributed by atoms with Crippen LogP contribution >= 0.6 is 11.3 Å². The summed E-state index contributed by atoms with van der Waals surface area (Å²) in [4.78, 5) is 15.7. The number of nitrogens with zero attached hydrogens (tertiary/aromatic N) is 5. The summed E-state index contributed by atoms with van der Waals surface area (Å²) in [6, 6.07) is 20.9. The smallest absolute Gasteiger partial charge is 0.241 e. The first kappa shape index (κ1) is 26.0. The SMILES string of the molecule is C[C@@H](Cc1ccc(C(N)=NONC=O)cc1)n1cc(CN(c2ccc(-c3ccccc3)s2)S(=O)[O-])nn1. The maximum absolute atomic E-state index is 12.0. The number of nitrogens with one attached hydrogen (secondary N) is 1. The summed E-state index contributed by atoms with van der Waals surface area (Å²) in [5.74, 6) is 0.122. The van der Waals surface area contributed by atoms with Crippen molar-refractivity contribution < 1.29 is 18.5 Å². The Balaban J connectivity index is 1.40. The van der Waals surface area contributed by atoms with Crippen LogP contribution in [-0.4, -0.2) is 36.0 Å². The minimum atomic E-state index is -2.47. The highest BCUT2D eigenvalue weighted by molar-refractivity contribution is 7.80. The number of hydrogen-bond donors (Lipinski definition) is 2. The van der Waals surface area contributed by atoms with Crippen molar-refractivity contribution in [3.63, 3.8) is 0 Å². The summed E-state index contributed by atoms with van der Waals surface area (Å²) in [5.41, 5.74) is 11.0. The minimum absolute atomic E-state index is 0.0316. The number of hydrogen-bond acceptors (Lipinski definition) is 8. The van der Waals surface area contributed by atoms with Crippen molar-refractivity contribution in [3.05, 3.63) is 89.7 Å². The number of amidine groups is 1. The number of nitrogens with two attached hydrogens (primary N) is 1. The number of hydroxylamine groups is 1. The van der Waals surface area contributed by atoms with Crippen LogP contribution in [0.25, 0.3) is 10.4 Å². The molecule has 0 saturated heterocycles. The Kier molecular flexibility index (Phi) is 8.61. The van der Waals surface area contributed by atoms with E-state index in [0.717, 1.165) is 16.0 Å². The average molecular weight is 539 g/mol. The van der Waals surface area contributed by atoms with Gasteiger partial charge in [0.2, 0.25) is 6.41 Å². The molecule has 0 fully saturated rings. The lowest BCUT2D eigenvalue weighted by Crippen LogP contribution is -2.24. The summed E-state index contributed by atoms with van der Waals surface area (Å²) in [6.45, 7) is 2.07. The lowest BCUT2D eigenvalue weighted by molar-refractivity contribution is -0.120. The van der Waals surface area contributed by atoms with E-state index in [-0.39, 0.29) is 18.4 Å². The summed E-state index contributed by atoms with van der Waals surface area (Å²) >= 11 is -1.07. The molecular weight excluding hydrogens is 514 g/mol. The largest absolute Gasteiger partial charge is 0.755 e. The predicted molar refractivity (Wildman–Crippen MR) is 141 cm³/mol. The van der Waals surface area contributed by atoms with Crippen LogP contribution in [0.1, 0.15) is 29.8 Å². The molecule has 3 N–H and O–H groups in total. The first-order valence-electron chi connectivity index (χ1n) is 11.2. The molecule has 0 aliphatic carbocycles. The minimum Gasteiger partial charge on any atom is -0.755 e. The van der Waals surface area contributed by atoms with Gasteiger partial charge in [0, 0.05) is 21.7 Å². The fraction of sp³-hybridized carbons (Fsp3) is 0.167. The number of anilines is 1. The zero-order valence-corrected chi connectivity index (χ0v) is 21.4. The molecule has 37 heavy (non-hydrogen) atoms. The van der Waals surface area contributed by atoms with Crippen molar-refractivity contribution in [2.45, 2.75) is 25.9 Å². The van der Waals surface area contributed by atoms with E-state index < -0.39 is 11.3 Å². The quantitative estimate of drug-likeness (QED) is 0.0703. The fourth-order valence-electron chi connectivity index (χ4n) is 3.57. The van der Waals surface area contributed by atoms with Crippen molar-refractivity contribution in [1.29, 1.82) is 0 Å². The van der Waals surface area contributed by atoms with E-state index in [4.69, 9.17) is 5.73 Å². The van der Waals surface area contributed by atoms with Crippen LogP contribution in [-0.2, 0) is 34.0 Å².